The van der Waals surface area contributed by atoms with E-state index >= 15 is 0 Å². The molecule has 1 heterocycles. The molecule has 0 bridgehead atoms. The lowest BCUT2D eigenvalue weighted by Gasteiger charge is -2.11. The van der Waals surface area contributed by atoms with Gasteiger partial charge >= 0.3 is 0 Å². The number of aromatic hydroxyl groups is 1. The molecule has 3 heteroatoms. The number of benzene rings is 1. The molecule has 1 saturated carbocycles. The summed E-state index contributed by atoms with van der Waals surface area (Å²) in [5, 5.41) is 14.3. The van der Waals surface area contributed by atoms with Gasteiger partial charge in [-0.05, 0) is 58.8 Å². The van der Waals surface area contributed by atoms with Crippen molar-refractivity contribution >= 4 is 23.5 Å². The number of phenols is 1. The van der Waals surface area contributed by atoms with Gasteiger partial charge in [-0.3, -0.25) is 0 Å². The van der Waals surface area contributed by atoms with Gasteiger partial charge in [0.2, 0.25) is 0 Å². The van der Waals surface area contributed by atoms with E-state index in [0.717, 1.165) is 29.7 Å². The summed E-state index contributed by atoms with van der Waals surface area (Å²) in [5.74, 6) is 1.63. The number of thiophene rings is 1. The highest BCUT2D eigenvalue weighted by Crippen LogP contribution is 2.48. The van der Waals surface area contributed by atoms with Crippen molar-refractivity contribution in [1.29, 1.82) is 0 Å². The van der Waals surface area contributed by atoms with E-state index in [9.17, 15) is 5.11 Å². The van der Waals surface area contributed by atoms with Crippen molar-refractivity contribution in [3.8, 4) is 11.5 Å². The monoisotopic (exact) mass is 272 g/mol. The van der Waals surface area contributed by atoms with Crippen molar-refractivity contribution in [3.63, 3.8) is 0 Å². The SMILES string of the molecule is COc1cc(/C=C/c2ccsc2)cc(O)c1C1CC1. The van der Waals surface area contributed by atoms with Gasteiger partial charge in [0.05, 0.1) is 7.11 Å². The van der Waals surface area contributed by atoms with E-state index in [1.165, 1.54) is 5.56 Å². The Morgan fingerprint density at radius 3 is 2.68 bits per heavy atom. The quantitative estimate of drug-likeness (QED) is 0.887. The molecule has 0 spiro atoms. The van der Waals surface area contributed by atoms with E-state index in [1.807, 2.05) is 29.7 Å². The van der Waals surface area contributed by atoms with Crippen molar-refractivity contribution in [3.05, 3.63) is 45.6 Å². The van der Waals surface area contributed by atoms with Crippen molar-refractivity contribution in [2.75, 3.05) is 7.11 Å². The van der Waals surface area contributed by atoms with Crippen LogP contribution in [0.1, 0.15) is 35.4 Å². The molecular formula is C16H16O2S. The van der Waals surface area contributed by atoms with Crippen LogP contribution in [0.5, 0.6) is 11.5 Å². The molecule has 98 valence electrons. The Bertz CT molecular complexity index is 595. The predicted molar refractivity (Wildman–Crippen MR) is 79.9 cm³/mol. The maximum atomic E-state index is 10.2. The topological polar surface area (TPSA) is 29.5 Å². The van der Waals surface area contributed by atoms with Crippen LogP contribution in [0.4, 0.5) is 0 Å². The van der Waals surface area contributed by atoms with Crippen molar-refractivity contribution < 1.29 is 9.84 Å². The molecule has 0 unspecified atom stereocenters. The maximum Gasteiger partial charge on any atom is 0.126 e. The van der Waals surface area contributed by atoms with Gasteiger partial charge in [-0.15, -0.1) is 0 Å². The molecule has 0 atom stereocenters. The number of ether oxygens (including phenoxy) is 1. The zero-order valence-corrected chi connectivity index (χ0v) is 11.6. The molecule has 1 aliphatic carbocycles. The van der Waals surface area contributed by atoms with Gasteiger partial charge in [-0.2, -0.15) is 11.3 Å². The van der Waals surface area contributed by atoms with Gasteiger partial charge < -0.3 is 9.84 Å². The molecule has 0 amide bonds. The number of rotatable bonds is 4. The lowest BCUT2D eigenvalue weighted by Crippen LogP contribution is -1.92. The third-order valence-corrected chi connectivity index (χ3v) is 4.06. The summed E-state index contributed by atoms with van der Waals surface area (Å²) in [7, 11) is 1.66. The highest BCUT2D eigenvalue weighted by molar-refractivity contribution is 7.08. The van der Waals surface area contributed by atoms with Crippen molar-refractivity contribution in [2.45, 2.75) is 18.8 Å². The molecule has 1 aromatic heterocycles. The first-order valence-electron chi connectivity index (χ1n) is 6.39. The second-order valence-electron chi connectivity index (χ2n) is 4.82. The first-order valence-corrected chi connectivity index (χ1v) is 7.33. The Morgan fingerprint density at radius 1 is 1.26 bits per heavy atom. The Labute approximate surface area is 117 Å². The Balaban J connectivity index is 1.92. The normalized spacial score (nSPS) is 15.0. The van der Waals surface area contributed by atoms with Crippen LogP contribution >= 0.6 is 11.3 Å². The van der Waals surface area contributed by atoms with E-state index in [4.69, 9.17) is 4.74 Å². The van der Waals surface area contributed by atoms with Crippen LogP contribution in [0.3, 0.4) is 0 Å². The minimum Gasteiger partial charge on any atom is -0.507 e. The van der Waals surface area contributed by atoms with Crippen LogP contribution in [-0.4, -0.2) is 12.2 Å². The summed E-state index contributed by atoms with van der Waals surface area (Å²) in [4.78, 5) is 0. The summed E-state index contributed by atoms with van der Waals surface area (Å²) in [6, 6.07) is 5.88. The number of methoxy groups -OCH3 is 1. The van der Waals surface area contributed by atoms with Gasteiger partial charge in [-0.1, -0.05) is 12.2 Å². The van der Waals surface area contributed by atoms with Crippen LogP contribution in [0.15, 0.2) is 29.0 Å². The van der Waals surface area contributed by atoms with E-state index in [-0.39, 0.29) is 0 Å². The van der Waals surface area contributed by atoms with E-state index in [0.29, 0.717) is 11.7 Å². The lowest BCUT2D eigenvalue weighted by molar-refractivity contribution is 0.399. The molecule has 0 saturated heterocycles. The third kappa shape index (κ3) is 2.66. The average Bonchev–Trinajstić information content (AvgIpc) is 3.10. The van der Waals surface area contributed by atoms with Crippen LogP contribution in [0, 0.1) is 0 Å². The van der Waals surface area contributed by atoms with E-state index < -0.39 is 0 Å². The first kappa shape index (κ1) is 12.3. The van der Waals surface area contributed by atoms with Gasteiger partial charge in [-0.25, -0.2) is 0 Å². The molecule has 19 heavy (non-hydrogen) atoms. The minimum atomic E-state index is 0.354. The number of phenolic OH excluding ortho intramolecular Hbond substituents is 1. The lowest BCUT2D eigenvalue weighted by atomic mass is 10.0. The van der Waals surface area contributed by atoms with Crippen LogP contribution in [0.2, 0.25) is 0 Å². The zero-order chi connectivity index (χ0) is 13.2. The summed E-state index contributed by atoms with van der Waals surface area (Å²) < 4.78 is 5.41. The van der Waals surface area contributed by atoms with Gasteiger partial charge in [0, 0.05) is 5.56 Å². The van der Waals surface area contributed by atoms with Crippen LogP contribution in [0.25, 0.3) is 12.2 Å². The van der Waals surface area contributed by atoms with Gasteiger partial charge in [0.15, 0.2) is 0 Å². The van der Waals surface area contributed by atoms with Crippen molar-refractivity contribution in [1.82, 2.24) is 0 Å². The molecule has 2 aromatic rings. The predicted octanol–water partition coefficient (Wildman–Crippen LogP) is 4.51. The Hall–Kier alpha value is -1.74. The summed E-state index contributed by atoms with van der Waals surface area (Å²) >= 11 is 1.67. The molecular weight excluding hydrogens is 256 g/mol. The fraction of sp³-hybridized carbons (Fsp3) is 0.250. The summed E-state index contributed by atoms with van der Waals surface area (Å²) in [6.07, 6.45) is 6.34. The Morgan fingerprint density at radius 2 is 2.05 bits per heavy atom. The van der Waals surface area contributed by atoms with Gasteiger partial charge in [0.1, 0.15) is 11.5 Å². The highest BCUT2D eigenvalue weighted by atomic mass is 32.1. The molecule has 0 aliphatic heterocycles. The van der Waals surface area contributed by atoms with E-state index in [1.54, 1.807) is 18.4 Å². The van der Waals surface area contributed by atoms with E-state index in [2.05, 4.69) is 11.4 Å². The molecule has 1 N–H and O–H groups in total. The van der Waals surface area contributed by atoms with Crippen molar-refractivity contribution in [2.24, 2.45) is 0 Å². The largest absolute Gasteiger partial charge is 0.507 e. The fourth-order valence-corrected chi connectivity index (χ4v) is 2.87. The molecule has 1 aliphatic rings. The molecule has 1 fully saturated rings. The fourth-order valence-electron chi connectivity index (χ4n) is 2.24. The molecule has 1 aromatic carbocycles. The van der Waals surface area contributed by atoms with Crippen LogP contribution < -0.4 is 4.74 Å². The highest BCUT2D eigenvalue weighted by Gasteiger charge is 2.29. The summed E-state index contributed by atoms with van der Waals surface area (Å²) in [6.45, 7) is 0. The molecule has 3 rings (SSSR count). The summed E-state index contributed by atoms with van der Waals surface area (Å²) in [5.41, 5.74) is 3.11. The zero-order valence-electron chi connectivity index (χ0n) is 10.8. The molecule has 0 radical (unpaired) electrons. The first-order chi connectivity index (χ1) is 9.28. The standard InChI is InChI=1S/C16H16O2S/c1-18-15-9-12(3-2-11-6-7-19-10-11)8-14(17)16(15)13-4-5-13/h2-3,6-10,13,17H,4-5H2,1H3/b3-2+. The second-order valence-corrected chi connectivity index (χ2v) is 5.60. The Kier molecular flexibility index (Phi) is 3.30. The molecule has 2 nitrogen and oxygen atoms in total. The smallest absolute Gasteiger partial charge is 0.126 e. The van der Waals surface area contributed by atoms with Crippen LogP contribution in [-0.2, 0) is 0 Å². The second kappa shape index (κ2) is 5.10. The number of hydrogen-bond acceptors (Lipinski definition) is 3. The third-order valence-electron chi connectivity index (χ3n) is 3.36. The minimum absolute atomic E-state index is 0.354. The van der Waals surface area contributed by atoms with Gasteiger partial charge in [0.25, 0.3) is 0 Å². The average molecular weight is 272 g/mol. The maximum absolute atomic E-state index is 10.2. The number of hydrogen-bond donors (Lipinski definition) is 1.